The molecule has 4 aromatic rings. The van der Waals surface area contributed by atoms with Crippen molar-refractivity contribution in [1.82, 2.24) is 14.1 Å². The quantitative estimate of drug-likeness (QED) is 0.270. The van der Waals surface area contributed by atoms with E-state index in [0.717, 1.165) is 21.6 Å². The van der Waals surface area contributed by atoms with Gasteiger partial charge in [0.15, 0.2) is 5.82 Å². The van der Waals surface area contributed by atoms with Crippen LogP contribution in [0.4, 0.5) is 15.9 Å². The molecule has 180 valence electrons. The molecule has 0 saturated heterocycles. The van der Waals surface area contributed by atoms with Crippen LogP contribution < -0.4 is 9.62 Å². The summed E-state index contributed by atoms with van der Waals surface area (Å²) in [5.74, 6) is -1.03. The van der Waals surface area contributed by atoms with Crippen molar-refractivity contribution in [2.24, 2.45) is 0 Å². The Labute approximate surface area is 220 Å². The van der Waals surface area contributed by atoms with Gasteiger partial charge in [-0.2, -0.15) is 8.75 Å². The summed E-state index contributed by atoms with van der Waals surface area (Å²) in [5.41, 5.74) is 1.64. The molecule has 4 rings (SSSR count). The van der Waals surface area contributed by atoms with Gasteiger partial charge >= 0.3 is 0 Å². The van der Waals surface area contributed by atoms with Gasteiger partial charge in [-0.15, -0.1) is 0 Å². The second kappa shape index (κ2) is 11.4. The van der Waals surface area contributed by atoms with E-state index in [9.17, 15) is 17.9 Å². The molecule has 7 nitrogen and oxygen atoms in total. The number of aromatic nitrogens is 2. The van der Waals surface area contributed by atoms with Crippen molar-refractivity contribution in [2.45, 2.75) is 13.0 Å². The molecule has 1 heterocycles. The second-order valence-corrected chi connectivity index (χ2v) is 9.97. The van der Waals surface area contributed by atoms with E-state index in [1.807, 2.05) is 30.3 Å². The maximum atomic E-state index is 14.2. The lowest BCUT2D eigenvalue weighted by Gasteiger charge is -2.27. The average molecular weight is 595 g/mol. The summed E-state index contributed by atoms with van der Waals surface area (Å²) in [4.78, 5) is 13.1. The van der Waals surface area contributed by atoms with E-state index < -0.39 is 23.0 Å². The number of nitrogens with zero attached hydrogens (tertiary/aromatic N) is 3. The Kier molecular flexibility index (Phi) is 8.24. The summed E-state index contributed by atoms with van der Waals surface area (Å²) in [7, 11) is 0. The molecule has 1 atom stereocenters. The molecule has 0 aliphatic heterocycles. The molecule has 0 saturated carbocycles. The predicted molar refractivity (Wildman–Crippen MR) is 137 cm³/mol. The van der Waals surface area contributed by atoms with Crippen LogP contribution in [0.5, 0.6) is 0 Å². The summed E-state index contributed by atoms with van der Waals surface area (Å²) in [5, 5.41) is 2.85. The van der Waals surface area contributed by atoms with E-state index in [1.165, 1.54) is 30.3 Å². The van der Waals surface area contributed by atoms with Crippen molar-refractivity contribution < 1.29 is 17.9 Å². The minimum Gasteiger partial charge on any atom is -0.755 e. The average Bonchev–Trinajstić information content (AvgIpc) is 3.26. The molecule has 0 aliphatic rings. The van der Waals surface area contributed by atoms with Crippen LogP contribution in [0.15, 0.2) is 71.2 Å². The van der Waals surface area contributed by atoms with E-state index in [2.05, 4.69) is 30.0 Å². The van der Waals surface area contributed by atoms with Crippen LogP contribution in [-0.4, -0.2) is 23.4 Å². The standard InChI is InChI=1S/C23H17BrClFN4O3S2/c24-16-7-6-15(19(26)11-16)13-27-23(31)18-9-8-17(25)12-21(18)30(35(32)33)22-20(28-34-29-22)10-14-4-2-1-3-5-14/h1-9,11-12H,10,13H2,(H,27,31)(H,32,33)/p-1. The molecular formula is C23H16BrClFN4O3S2-. The molecule has 3 aromatic carbocycles. The van der Waals surface area contributed by atoms with Gasteiger partial charge in [0.1, 0.15) is 11.5 Å². The topological polar surface area (TPSA) is 98.2 Å². The fraction of sp³-hybridized carbons (Fsp3) is 0.0870. The van der Waals surface area contributed by atoms with Gasteiger partial charge in [0.05, 0.1) is 34.2 Å². The van der Waals surface area contributed by atoms with Crippen molar-refractivity contribution >= 4 is 67.9 Å². The lowest BCUT2D eigenvalue weighted by atomic mass is 10.1. The van der Waals surface area contributed by atoms with Gasteiger partial charge in [-0.1, -0.05) is 63.9 Å². The number of carbonyl (C=O) groups excluding carboxylic acids is 1. The minimum atomic E-state index is -2.85. The molecule has 1 aromatic heterocycles. The molecule has 1 unspecified atom stereocenters. The third-order valence-corrected chi connectivity index (χ3v) is 6.92. The molecule has 35 heavy (non-hydrogen) atoms. The first-order valence-electron chi connectivity index (χ1n) is 10.1. The second-order valence-electron chi connectivity index (χ2n) is 7.29. The van der Waals surface area contributed by atoms with E-state index in [-0.39, 0.29) is 34.2 Å². The Hall–Kier alpha value is -2.70. The molecule has 0 spiro atoms. The van der Waals surface area contributed by atoms with Gasteiger partial charge in [0.25, 0.3) is 5.91 Å². The zero-order chi connectivity index (χ0) is 24.9. The third kappa shape index (κ3) is 6.11. The van der Waals surface area contributed by atoms with Crippen LogP contribution in [0, 0.1) is 5.82 Å². The molecule has 1 amide bonds. The highest BCUT2D eigenvalue weighted by atomic mass is 79.9. The predicted octanol–water partition coefficient (Wildman–Crippen LogP) is 5.55. The fourth-order valence-electron chi connectivity index (χ4n) is 3.32. The molecule has 12 heteroatoms. The summed E-state index contributed by atoms with van der Waals surface area (Å²) in [6, 6.07) is 18.1. The van der Waals surface area contributed by atoms with Crippen LogP contribution >= 0.6 is 39.3 Å². The van der Waals surface area contributed by atoms with Crippen LogP contribution in [0.3, 0.4) is 0 Å². The molecule has 0 fully saturated rings. The first-order chi connectivity index (χ1) is 16.8. The molecular weight excluding hydrogens is 579 g/mol. The Morgan fingerprint density at radius 2 is 1.91 bits per heavy atom. The molecule has 0 radical (unpaired) electrons. The Bertz CT molecular complexity index is 1390. The highest BCUT2D eigenvalue weighted by Gasteiger charge is 2.24. The summed E-state index contributed by atoms with van der Waals surface area (Å²) in [6.07, 6.45) is 0.339. The number of hydrogen-bond donors (Lipinski definition) is 1. The van der Waals surface area contributed by atoms with Gasteiger partial charge in [0, 0.05) is 28.0 Å². The molecule has 0 bridgehead atoms. The van der Waals surface area contributed by atoms with Crippen LogP contribution in [0.1, 0.15) is 27.2 Å². The number of carbonyl (C=O) groups is 1. The Morgan fingerprint density at radius 1 is 1.14 bits per heavy atom. The number of halogens is 3. The first kappa shape index (κ1) is 25.4. The highest BCUT2D eigenvalue weighted by Crippen LogP contribution is 2.34. The third-order valence-electron chi connectivity index (χ3n) is 4.97. The van der Waals surface area contributed by atoms with Crippen LogP contribution in [0.2, 0.25) is 5.02 Å². The number of anilines is 2. The Morgan fingerprint density at radius 3 is 2.63 bits per heavy atom. The Balaban J connectivity index is 1.67. The van der Waals surface area contributed by atoms with Crippen molar-refractivity contribution in [3.8, 4) is 0 Å². The normalized spacial score (nSPS) is 11.8. The molecule has 0 aliphatic carbocycles. The van der Waals surface area contributed by atoms with Crippen LogP contribution in [0.25, 0.3) is 0 Å². The van der Waals surface area contributed by atoms with Gasteiger partial charge in [-0.3, -0.25) is 13.3 Å². The highest BCUT2D eigenvalue weighted by molar-refractivity contribution is 9.10. The van der Waals surface area contributed by atoms with Gasteiger partial charge in [0.2, 0.25) is 0 Å². The summed E-state index contributed by atoms with van der Waals surface area (Å²) < 4.78 is 48.9. The maximum absolute atomic E-state index is 14.2. The zero-order valence-electron chi connectivity index (χ0n) is 17.8. The maximum Gasteiger partial charge on any atom is 0.253 e. The molecule has 1 N–H and O–H groups in total. The lowest BCUT2D eigenvalue weighted by Crippen LogP contribution is -2.28. The monoisotopic (exact) mass is 593 g/mol. The number of rotatable bonds is 8. The number of hydrogen-bond acceptors (Lipinski definition) is 6. The first-order valence-corrected chi connectivity index (χ1v) is 13.0. The number of amides is 1. The fourth-order valence-corrected chi connectivity index (χ4v) is 5.02. The van der Waals surface area contributed by atoms with Crippen molar-refractivity contribution in [3.05, 3.63) is 104 Å². The summed E-state index contributed by atoms with van der Waals surface area (Å²) in [6.45, 7) is -0.0992. The van der Waals surface area contributed by atoms with E-state index in [0.29, 0.717) is 16.6 Å². The van der Waals surface area contributed by atoms with Gasteiger partial charge in [-0.05, 0) is 35.9 Å². The van der Waals surface area contributed by atoms with Crippen molar-refractivity contribution in [3.63, 3.8) is 0 Å². The summed E-state index contributed by atoms with van der Waals surface area (Å²) >= 11 is 7.36. The number of nitrogens with one attached hydrogen (secondary N) is 1. The smallest absolute Gasteiger partial charge is 0.253 e. The van der Waals surface area contributed by atoms with E-state index >= 15 is 0 Å². The lowest BCUT2D eigenvalue weighted by molar-refractivity contribution is 0.0951. The van der Waals surface area contributed by atoms with E-state index in [4.69, 9.17) is 11.6 Å². The van der Waals surface area contributed by atoms with Gasteiger partial charge < -0.3 is 9.87 Å². The number of benzene rings is 3. The largest absolute Gasteiger partial charge is 0.755 e. The van der Waals surface area contributed by atoms with Gasteiger partial charge in [-0.25, -0.2) is 4.39 Å². The minimum absolute atomic E-state index is 0.00150. The SMILES string of the molecule is O=C(NCc1ccc(Br)cc1F)c1ccc(Cl)cc1N(c1nsnc1Cc1ccccc1)S(=O)[O-]. The van der Waals surface area contributed by atoms with E-state index in [1.54, 1.807) is 6.07 Å². The van der Waals surface area contributed by atoms with Crippen molar-refractivity contribution in [2.75, 3.05) is 4.31 Å². The van der Waals surface area contributed by atoms with Crippen LogP contribution in [-0.2, 0) is 24.2 Å². The van der Waals surface area contributed by atoms with Crippen molar-refractivity contribution in [1.29, 1.82) is 0 Å². The zero-order valence-corrected chi connectivity index (χ0v) is 21.8.